The van der Waals surface area contributed by atoms with Crippen LogP contribution >= 0.6 is 0 Å². The van der Waals surface area contributed by atoms with Crippen molar-refractivity contribution in [2.24, 2.45) is 5.92 Å². The van der Waals surface area contributed by atoms with Crippen LogP contribution < -0.4 is 9.47 Å². The van der Waals surface area contributed by atoms with Crippen molar-refractivity contribution in [1.29, 1.82) is 0 Å². The molecule has 0 aromatic heterocycles. The number of ether oxygens (including phenoxy) is 2. The molecule has 1 aliphatic heterocycles. The molecule has 0 N–H and O–H groups in total. The van der Waals surface area contributed by atoms with E-state index in [2.05, 4.69) is 19.1 Å². The first-order valence-corrected chi connectivity index (χ1v) is 11.3. The Bertz CT molecular complexity index is 1110. The molecule has 33 heavy (non-hydrogen) atoms. The number of likely N-dealkylation sites (tertiary alicyclic amines) is 1. The van der Waals surface area contributed by atoms with E-state index in [0.717, 1.165) is 11.3 Å². The van der Waals surface area contributed by atoms with Crippen LogP contribution in [-0.4, -0.2) is 36.8 Å². The second kappa shape index (κ2) is 10.3. The zero-order valence-electron chi connectivity index (χ0n) is 19.1. The number of amides is 1. The van der Waals surface area contributed by atoms with Gasteiger partial charge in [0.15, 0.2) is 5.78 Å². The molecule has 0 spiro atoms. The van der Waals surface area contributed by atoms with Crippen LogP contribution in [0.4, 0.5) is 0 Å². The molecule has 1 saturated heterocycles. The summed E-state index contributed by atoms with van der Waals surface area (Å²) in [4.78, 5) is 27.7. The molecule has 0 radical (unpaired) electrons. The molecule has 1 aliphatic rings. The molecule has 1 heterocycles. The molecular weight excluding hydrogens is 414 g/mol. The fraction of sp³-hybridized carbons (Fsp3) is 0.286. The van der Waals surface area contributed by atoms with Crippen molar-refractivity contribution in [3.63, 3.8) is 0 Å². The molecule has 0 aliphatic carbocycles. The Balaban J connectivity index is 1.33. The summed E-state index contributed by atoms with van der Waals surface area (Å²) >= 11 is 0. The molecule has 0 unspecified atom stereocenters. The van der Waals surface area contributed by atoms with Gasteiger partial charge in [0.2, 0.25) is 0 Å². The topological polar surface area (TPSA) is 55.8 Å². The highest BCUT2D eigenvalue weighted by atomic mass is 16.5. The summed E-state index contributed by atoms with van der Waals surface area (Å²) in [6.45, 7) is 3.65. The first kappa shape index (κ1) is 22.6. The van der Waals surface area contributed by atoms with Gasteiger partial charge in [0, 0.05) is 30.1 Å². The molecule has 4 rings (SSSR count). The van der Waals surface area contributed by atoms with Crippen molar-refractivity contribution in [1.82, 2.24) is 4.90 Å². The second-order valence-electron chi connectivity index (χ2n) is 8.46. The van der Waals surface area contributed by atoms with Gasteiger partial charge in [-0.05, 0) is 67.8 Å². The van der Waals surface area contributed by atoms with Gasteiger partial charge in [0.05, 0.1) is 7.11 Å². The van der Waals surface area contributed by atoms with E-state index in [1.807, 2.05) is 35.2 Å². The largest absolute Gasteiger partial charge is 0.497 e. The van der Waals surface area contributed by atoms with Crippen LogP contribution in [0.1, 0.15) is 44.7 Å². The summed E-state index contributed by atoms with van der Waals surface area (Å²) in [6, 6.07) is 22.7. The van der Waals surface area contributed by atoms with Gasteiger partial charge in [-0.1, -0.05) is 35.9 Å². The Kier molecular flexibility index (Phi) is 7.08. The Morgan fingerprint density at radius 3 is 2.30 bits per heavy atom. The third-order valence-electron chi connectivity index (χ3n) is 6.10. The van der Waals surface area contributed by atoms with E-state index in [4.69, 9.17) is 9.47 Å². The van der Waals surface area contributed by atoms with Gasteiger partial charge in [0.1, 0.15) is 18.1 Å². The number of Topliss-reactive ketones (excluding diaryl/α,β-unsaturated/α-hetero) is 1. The van der Waals surface area contributed by atoms with Gasteiger partial charge in [-0.2, -0.15) is 0 Å². The van der Waals surface area contributed by atoms with E-state index in [1.54, 1.807) is 37.4 Å². The predicted molar refractivity (Wildman–Crippen MR) is 128 cm³/mol. The average Bonchev–Trinajstić information content (AvgIpc) is 2.87. The molecule has 170 valence electrons. The number of piperidine rings is 1. The van der Waals surface area contributed by atoms with Crippen LogP contribution in [0.3, 0.4) is 0 Å². The average molecular weight is 444 g/mol. The number of hydrogen-bond donors (Lipinski definition) is 0. The van der Waals surface area contributed by atoms with Crippen LogP contribution in [0.25, 0.3) is 0 Å². The summed E-state index contributed by atoms with van der Waals surface area (Å²) < 4.78 is 11.1. The molecule has 0 atom stereocenters. The third kappa shape index (κ3) is 5.61. The maximum absolute atomic E-state index is 13.1. The quantitative estimate of drug-likeness (QED) is 0.464. The molecule has 3 aromatic carbocycles. The minimum absolute atomic E-state index is 0.0219. The minimum atomic E-state index is -0.0635. The SMILES string of the molecule is COc1ccc(C(=O)C2CCN(C(=O)c3cccc(OCc4cccc(C)c4)c3)CC2)cc1. The maximum Gasteiger partial charge on any atom is 0.253 e. The second-order valence-corrected chi connectivity index (χ2v) is 8.46. The number of benzene rings is 3. The minimum Gasteiger partial charge on any atom is -0.497 e. The monoisotopic (exact) mass is 443 g/mol. The van der Waals surface area contributed by atoms with Gasteiger partial charge in [-0.15, -0.1) is 0 Å². The maximum atomic E-state index is 13.1. The molecule has 1 fully saturated rings. The highest BCUT2D eigenvalue weighted by Crippen LogP contribution is 2.25. The van der Waals surface area contributed by atoms with E-state index < -0.39 is 0 Å². The molecule has 5 heteroatoms. The van der Waals surface area contributed by atoms with Crippen LogP contribution in [0.15, 0.2) is 72.8 Å². The van der Waals surface area contributed by atoms with E-state index in [1.165, 1.54) is 5.56 Å². The van der Waals surface area contributed by atoms with Gasteiger partial charge >= 0.3 is 0 Å². The summed E-state index contributed by atoms with van der Waals surface area (Å²) in [6.07, 6.45) is 1.33. The summed E-state index contributed by atoms with van der Waals surface area (Å²) in [5.74, 6) is 1.46. The smallest absolute Gasteiger partial charge is 0.253 e. The molecular formula is C28H29NO4. The van der Waals surface area contributed by atoms with Gasteiger partial charge in [0.25, 0.3) is 5.91 Å². The van der Waals surface area contributed by atoms with Crippen molar-refractivity contribution in [2.45, 2.75) is 26.4 Å². The number of carbonyl (C=O) groups is 2. The van der Waals surface area contributed by atoms with E-state index >= 15 is 0 Å². The van der Waals surface area contributed by atoms with Gasteiger partial charge < -0.3 is 14.4 Å². The lowest BCUT2D eigenvalue weighted by molar-refractivity contribution is 0.0650. The summed E-state index contributed by atoms with van der Waals surface area (Å²) in [5.41, 5.74) is 3.58. The predicted octanol–water partition coefficient (Wildman–Crippen LogP) is 5.32. The number of ketones is 1. The van der Waals surface area contributed by atoms with Crippen molar-refractivity contribution < 1.29 is 19.1 Å². The lowest BCUT2D eigenvalue weighted by atomic mass is 9.88. The highest BCUT2D eigenvalue weighted by molar-refractivity contribution is 5.98. The lowest BCUT2D eigenvalue weighted by Gasteiger charge is -2.31. The van der Waals surface area contributed by atoms with Crippen LogP contribution in [0.2, 0.25) is 0 Å². The molecule has 0 saturated carbocycles. The molecule has 5 nitrogen and oxygen atoms in total. The summed E-state index contributed by atoms with van der Waals surface area (Å²) in [5, 5.41) is 0. The Morgan fingerprint density at radius 2 is 1.61 bits per heavy atom. The number of hydrogen-bond acceptors (Lipinski definition) is 4. The number of nitrogens with zero attached hydrogens (tertiary/aromatic N) is 1. The van der Waals surface area contributed by atoms with Crippen molar-refractivity contribution in [3.8, 4) is 11.5 Å². The van der Waals surface area contributed by atoms with Gasteiger partial charge in [-0.25, -0.2) is 0 Å². The Hall–Kier alpha value is -3.60. The number of methoxy groups -OCH3 is 1. The Labute approximate surface area is 194 Å². The molecule has 3 aromatic rings. The first-order chi connectivity index (χ1) is 16.0. The van der Waals surface area contributed by atoms with Crippen molar-refractivity contribution in [3.05, 3.63) is 95.1 Å². The standard InChI is InChI=1S/C28H29NO4/c1-20-5-3-6-21(17-20)19-33-26-8-4-7-24(18-26)28(31)29-15-13-23(14-16-29)27(30)22-9-11-25(32-2)12-10-22/h3-12,17-18,23H,13-16,19H2,1-2H3. The zero-order valence-corrected chi connectivity index (χ0v) is 19.1. The van der Waals surface area contributed by atoms with E-state index in [9.17, 15) is 9.59 Å². The number of carbonyl (C=O) groups excluding carboxylic acids is 2. The molecule has 0 bridgehead atoms. The highest BCUT2D eigenvalue weighted by Gasteiger charge is 2.28. The van der Waals surface area contributed by atoms with E-state index in [-0.39, 0.29) is 17.6 Å². The van der Waals surface area contributed by atoms with Crippen LogP contribution in [0, 0.1) is 12.8 Å². The Morgan fingerprint density at radius 1 is 0.879 bits per heavy atom. The van der Waals surface area contributed by atoms with Crippen molar-refractivity contribution >= 4 is 11.7 Å². The normalized spacial score (nSPS) is 14.1. The summed E-state index contributed by atoms with van der Waals surface area (Å²) in [7, 11) is 1.61. The lowest BCUT2D eigenvalue weighted by Crippen LogP contribution is -2.40. The fourth-order valence-electron chi connectivity index (χ4n) is 4.21. The van der Waals surface area contributed by atoms with Crippen LogP contribution in [0.5, 0.6) is 11.5 Å². The van der Waals surface area contributed by atoms with Crippen molar-refractivity contribution in [2.75, 3.05) is 20.2 Å². The van der Waals surface area contributed by atoms with Crippen LogP contribution in [-0.2, 0) is 6.61 Å². The first-order valence-electron chi connectivity index (χ1n) is 11.3. The zero-order chi connectivity index (χ0) is 23.2. The third-order valence-corrected chi connectivity index (χ3v) is 6.10. The van der Waals surface area contributed by atoms with Gasteiger partial charge in [-0.3, -0.25) is 9.59 Å². The van der Waals surface area contributed by atoms with E-state index in [0.29, 0.717) is 49.4 Å². The number of aryl methyl sites for hydroxylation is 1. The molecule has 1 amide bonds. The fourth-order valence-corrected chi connectivity index (χ4v) is 4.21. The number of rotatable bonds is 7.